The van der Waals surface area contributed by atoms with Gasteiger partial charge in [-0.05, 0) is 100.0 Å². The van der Waals surface area contributed by atoms with E-state index in [1.165, 1.54) is 37.8 Å². The van der Waals surface area contributed by atoms with Gasteiger partial charge in [-0.15, -0.1) is 0 Å². The maximum absolute atomic E-state index is 6.73. The van der Waals surface area contributed by atoms with E-state index in [-0.39, 0.29) is 0 Å². The van der Waals surface area contributed by atoms with Crippen molar-refractivity contribution in [3.8, 4) is 22.5 Å². The molecule has 12 rings (SSSR count). The maximum atomic E-state index is 6.73. The first-order valence-electron chi connectivity index (χ1n) is 20.8. The molecule has 2 atom stereocenters. The molecule has 290 valence electrons. The summed E-state index contributed by atoms with van der Waals surface area (Å²) in [4.78, 5) is 5.31. The molecule has 11 aromatic rings. The van der Waals surface area contributed by atoms with E-state index in [0.717, 1.165) is 61.6 Å². The van der Waals surface area contributed by atoms with Gasteiger partial charge in [-0.25, -0.2) is 0 Å². The van der Waals surface area contributed by atoms with Crippen molar-refractivity contribution in [1.82, 2.24) is 14.5 Å². The highest BCUT2D eigenvalue weighted by Crippen LogP contribution is 2.44. The lowest BCUT2D eigenvalue weighted by Gasteiger charge is -2.44. The van der Waals surface area contributed by atoms with Crippen LogP contribution in [-0.4, -0.2) is 15.0 Å². The van der Waals surface area contributed by atoms with Crippen molar-refractivity contribution in [3.05, 3.63) is 228 Å². The Morgan fingerprint density at radius 3 is 1.87 bits per heavy atom. The third-order valence-corrected chi connectivity index (χ3v) is 12.2. The third kappa shape index (κ3) is 5.80. The van der Waals surface area contributed by atoms with Crippen LogP contribution in [0.5, 0.6) is 0 Å². The Bertz CT molecular complexity index is 3510. The number of nitrogens with one attached hydrogen (secondary N) is 1. The van der Waals surface area contributed by atoms with Gasteiger partial charge in [0, 0.05) is 44.2 Å². The second-order valence-electron chi connectivity index (χ2n) is 15.8. The monoisotopic (exact) mass is 783 g/mol. The minimum Gasteiger partial charge on any atom is -0.613 e. The van der Waals surface area contributed by atoms with Crippen LogP contribution < -0.4 is 11.1 Å². The van der Waals surface area contributed by atoms with Crippen LogP contribution in [0.4, 0.5) is 5.69 Å². The lowest BCUT2D eigenvalue weighted by molar-refractivity contribution is 0.629. The Labute approximate surface area is 352 Å². The fourth-order valence-corrected chi connectivity index (χ4v) is 9.43. The van der Waals surface area contributed by atoms with E-state index in [0.29, 0.717) is 5.69 Å². The average Bonchev–Trinajstić information content (AvgIpc) is 3.83. The number of fused-ring (bicyclic) bond motifs is 7. The molecule has 6 heteroatoms. The molecule has 0 fully saturated rings. The summed E-state index contributed by atoms with van der Waals surface area (Å²) in [5.41, 5.74) is 19.3. The molecule has 0 saturated heterocycles. The van der Waals surface area contributed by atoms with Crippen molar-refractivity contribution >= 4 is 65.9 Å². The molecule has 0 radical (unpaired) electrons. The Morgan fingerprint density at radius 1 is 0.475 bits per heavy atom. The highest BCUT2D eigenvalue weighted by molar-refractivity contribution is 6.19. The molecule has 1 aliphatic heterocycles. The number of nitrogen functional groups attached to an aromatic ring is 1. The van der Waals surface area contributed by atoms with Gasteiger partial charge in [-0.1, -0.05) is 152 Å². The number of amidine groups is 1. The molecule has 6 nitrogen and oxygen atoms in total. The number of hydrogen-bond donors (Lipinski definition) is 2. The summed E-state index contributed by atoms with van der Waals surface area (Å²) in [6.45, 7) is 0. The summed E-state index contributed by atoms with van der Waals surface area (Å²) in [7, 11) is 0. The molecule has 1 aliphatic rings. The van der Waals surface area contributed by atoms with Crippen LogP contribution in [-0.2, 0) is 0 Å². The van der Waals surface area contributed by atoms with Crippen molar-refractivity contribution in [2.24, 2.45) is 4.99 Å². The molecule has 61 heavy (non-hydrogen) atoms. The van der Waals surface area contributed by atoms with Crippen LogP contribution in [0.15, 0.2) is 211 Å². The highest BCUT2D eigenvalue weighted by Gasteiger charge is 2.24. The number of para-hydroxylation sites is 2. The zero-order valence-corrected chi connectivity index (χ0v) is 33.2. The van der Waals surface area contributed by atoms with Gasteiger partial charge in [0.15, 0.2) is 0 Å². The fourth-order valence-electron chi connectivity index (χ4n) is 9.43. The summed E-state index contributed by atoms with van der Waals surface area (Å²) >= 11 is 0. The number of rotatable bonds is 6. The van der Waals surface area contributed by atoms with Crippen LogP contribution in [0, 0.1) is 0 Å². The van der Waals surface area contributed by atoms with Gasteiger partial charge >= 0.3 is 0 Å². The van der Waals surface area contributed by atoms with Gasteiger partial charge in [-0.3, -0.25) is 4.99 Å². The number of aromatic nitrogens is 2. The summed E-state index contributed by atoms with van der Waals surface area (Å²) in [5, 5.41) is 16.5. The SMILES string of the molecule is Nc1ccc(-n2c3ccccc3c3cc4c5ccccc5n(-c5ccc6ccccc6c5)c4cc32)c(C2[N-]C(c3ccccc3)N=C(c3ccccc3-c3ccccc3)N2)c1. The first kappa shape index (κ1) is 35.1. The topological polar surface area (TPSA) is 74.4 Å². The van der Waals surface area contributed by atoms with E-state index in [2.05, 4.69) is 203 Å². The maximum Gasteiger partial charge on any atom is 0.126 e. The molecular weight excluding hydrogens is 745 g/mol. The molecule has 0 saturated carbocycles. The number of anilines is 1. The van der Waals surface area contributed by atoms with E-state index in [1.54, 1.807) is 0 Å². The number of nitrogens with zero attached hydrogens (tertiary/aromatic N) is 4. The van der Waals surface area contributed by atoms with E-state index in [1.807, 2.05) is 18.2 Å². The Morgan fingerprint density at radius 2 is 1.10 bits per heavy atom. The Hall–Kier alpha value is -7.93. The summed E-state index contributed by atoms with van der Waals surface area (Å²) in [6, 6.07) is 73.1. The molecule has 9 aromatic carbocycles. The predicted molar refractivity (Wildman–Crippen MR) is 254 cm³/mol. The highest BCUT2D eigenvalue weighted by atomic mass is 15.3. The number of aliphatic imine (C=N–C) groups is 1. The lowest BCUT2D eigenvalue weighted by atomic mass is 9.97. The summed E-state index contributed by atoms with van der Waals surface area (Å²) in [5.74, 6) is 0.783. The predicted octanol–water partition coefficient (Wildman–Crippen LogP) is 13.4. The minimum absolute atomic E-state index is 0.448. The Balaban J connectivity index is 1.08. The van der Waals surface area contributed by atoms with Gasteiger partial charge in [0.1, 0.15) is 5.84 Å². The number of hydrogen-bond acceptors (Lipinski definition) is 3. The molecule has 0 bridgehead atoms. The molecule has 0 aliphatic carbocycles. The van der Waals surface area contributed by atoms with Gasteiger partial charge in [0.2, 0.25) is 0 Å². The molecule has 3 N–H and O–H groups in total. The normalized spacial score (nSPS) is 15.4. The zero-order valence-electron chi connectivity index (χ0n) is 33.2. The van der Waals surface area contributed by atoms with Gasteiger partial charge in [0.25, 0.3) is 0 Å². The largest absolute Gasteiger partial charge is 0.613 e. The first-order valence-corrected chi connectivity index (χ1v) is 20.8. The van der Waals surface area contributed by atoms with Crippen LogP contribution >= 0.6 is 0 Å². The first-order chi connectivity index (χ1) is 30.2. The van der Waals surface area contributed by atoms with Crippen molar-refractivity contribution in [2.45, 2.75) is 12.3 Å². The standard InChI is InChI=1S/C55H39N6/c56-39-28-30-50(47(32-39)55-58-53(37-18-5-2-6-19-37)57-54(59-55)44-24-10-9-21-41(44)36-16-3-1-4-17-36)61-49-26-14-12-23-43(49)46-33-45-42-22-11-13-25-48(42)60(51(45)34-52(46)61)40-29-27-35-15-7-8-20-38(35)31-40/h1-34,53,55H,56H2,(H,57,59)/q-1. The van der Waals surface area contributed by atoms with Gasteiger partial charge in [0.05, 0.1) is 22.1 Å². The Kier molecular flexibility index (Phi) is 8.11. The fraction of sp³-hybridized carbons (Fsp3) is 0.0364. The molecule has 0 spiro atoms. The average molecular weight is 784 g/mol. The minimum atomic E-state index is -0.482. The van der Waals surface area contributed by atoms with Crippen LogP contribution in [0.25, 0.3) is 82.2 Å². The van der Waals surface area contributed by atoms with Crippen LogP contribution in [0.2, 0.25) is 0 Å². The smallest absolute Gasteiger partial charge is 0.126 e. The zero-order chi connectivity index (χ0) is 40.4. The molecule has 2 aromatic heterocycles. The van der Waals surface area contributed by atoms with Crippen molar-refractivity contribution < 1.29 is 0 Å². The quantitative estimate of drug-likeness (QED) is 0.165. The van der Waals surface area contributed by atoms with Gasteiger partial charge in [-0.2, -0.15) is 0 Å². The van der Waals surface area contributed by atoms with E-state index < -0.39 is 12.3 Å². The second-order valence-corrected chi connectivity index (χ2v) is 15.8. The number of benzene rings is 9. The van der Waals surface area contributed by atoms with Crippen molar-refractivity contribution in [1.29, 1.82) is 0 Å². The summed E-state index contributed by atoms with van der Waals surface area (Å²) < 4.78 is 4.82. The molecule has 0 amide bonds. The summed E-state index contributed by atoms with van der Waals surface area (Å²) in [6.07, 6.45) is -0.931. The van der Waals surface area contributed by atoms with Gasteiger partial charge < -0.3 is 25.5 Å². The van der Waals surface area contributed by atoms with Crippen LogP contribution in [0.1, 0.15) is 29.0 Å². The molecular formula is C55H39N6-. The lowest BCUT2D eigenvalue weighted by Crippen LogP contribution is -2.35. The van der Waals surface area contributed by atoms with Crippen molar-refractivity contribution in [2.75, 3.05) is 5.73 Å². The van der Waals surface area contributed by atoms with Crippen LogP contribution in [0.3, 0.4) is 0 Å². The molecule has 2 unspecified atom stereocenters. The van der Waals surface area contributed by atoms with Crippen molar-refractivity contribution in [3.63, 3.8) is 0 Å². The second kappa shape index (κ2) is 14.1. The molecule has 3 heterocycles. The van der Waals surface area contributed by atoms with E-state index in [9.17, 15) is 0 Å². The van der Waals surface area contributed by atoms with E-state index in [4.69, 9.17) is 16.0 Å². The third-order valence-electron chi connectivity index (χ3n) is 12.2. The van der Waals surface area contributed by atoms with E-state index >= 15 is 0 Å². The number of nitrogens with two attached hydrogens (primary N) is 1.